The number of hydrogen-bond acceptors (Lipinski definition) is 3. The summed E-state index contributed by atoms with van der Waals surface area (Å²) in [6, 6.07) is 45.6. The standard InChI is InChI=1S/C38H21N3S/c1-2-10-22(11-3-1)34-35(40-31-18-7-6-17-30(31)39-34)23-20-29-25-13-5-4-12-24(25)26-14-8-15-27-28-16-9-19-32-37(28)41(36(26)27)38(29)33(21-23)42-32/h1-21H. The minimum atomic E-state index is 0.899. The highest BCUT2D eigenvalue weighted by atomic mass is 32.2. The monoisotopic (exact) mass is 551 g/mol. The summed E-state index contributed by atoms with van der Waals surface area (Å²) in [5.74, 6) is 0. The average Bonchev–Trinajstić information content (AvgIpc) is 3.33. The summed E-state index contributed by atoms with van der Waals surface area (Å²) in [6.07, 6.45) is 0. The summed E-state index contributed by atoms with van der Waals surface area (Å²) >= 11 is 1.86. The van der Waals surface area contributed by atoms with Crippen molar-refractivity contribution in [1.29, 1.82) is 0 Å². The molecular formula is C38H21N3S. The van der Waals surface area contributed by atoms with Crippen LogP contribution in [0.4, 0.5) is 0 Å². The number of para-hydroxylation sites is 4. The van der Waals surface area contributed by atoms with E-state index in [2.05, 4.69) is 108 Å². The van der Waals surface area contributed by atoms with E-state index in [0.29, 0.717) is 0 Å². The van der Waals surface area contributed by atoms with Gasteiger partial charge >= 0.3 is 0 Å². The van der Waals surface area contributed by atoms with Gasteiger partial charge in [-0.3, -0.25) is 0 Å². The molecule has 2 aromatic heterocycles. The number of fused-ring (bicyclic) bond motifs is 5. The average molecular weight is 552 g/mol. The van der Waals surface area contributed by atoms with E-state index in [1.54, 1.807) is 0 Å². The molecule has 0 amide bonds. The van der Waals surface area contributed by atoms with E-state index in [1.165, 1.54) is 59.5 Å². The zero-order chi connectivity index (χ0) is 27.4. The van der Waals surface area contributed by atoms with Crippen molar-refractivity contribution in [3.63, 3.8) is 0 Å². The van der Waals surface area contributed by atoms with E-state index in [0.717, 1.165) is 33.5 Å². The van der Waals surface area contributed by atoms with Crippen molar-refractivity contribution in [2.75, 3.05) is 0 Å². The highest BCUT2D eigenvalue weighted by Gasteiger charge is 2.31. The number of benzene rings is 6. The Morgan fingerprint density at radius 3 is 1.86 bits per heavy atom. The van der Waals surface area contributed by atoms with Crippen molar-refractivity contribution in [3.05, 3.63) is 127 Å². The minimum Gasteiger partial charge on any atom is -0.306 e. The first kappa shape index (κ1) is 22.5. The van der Waals surface area contributed by atoms with E-state index in [-0.39, 0.29) is 0 Å². The predicted octanol–water partition coefficient (Wildman–Crippen LogP) is 10.2. The van der Waals surface area contributed by atoms with Crippen LogP contribution in [0.3, 0.4) is 0 Å². The molecule has 0 spiro atoms. The molecule has 0 aliphatic carbocycles. The van der Waals surface area contributed by atoms with Gasteiger partial charge in [0.2, 0.25) is 0 Å². The third kappa shape index (κ3) is 2.92. The largest absolute Gasteiger partial charge is 0.306 e. The zero-order valence-corrected chi connectivity index (χ0v) is 23.2. The normalized spacial score (nSPS) is 12.7. The summed E-state index contributed by atoms with van der Waals surface area (Å²) in [4.78, 5) is 13.0. The van der Waals surface area contributed by atoms with E-state index in [9.17, 15) is 0 Å². The smallest absolute Gasteiger partial charge is 0.0973 e. The lowest BCUT2D eigenvalue weighted by molar-refractivity contribution is 1.10. The first-order chi connectivity index (χ1) is 20.8. The van der Waals surface area contributed by atoms with Crippen molar-refractivity contribution in [2.45, 2.75) is 9.79 Å². The fourth-order valence-corrected chi connectivity index (χ4v) is 8.10. The van der Waals surface area contributed by atoms with Crippen LogP contribution in [0.5, 0.6) is 0 Å². The highest BCUT2D eigenvalue weighted by Crippen LogP contribution is 2.55. The van der Waals surface area contributed by atoms with E-state index in [1.807, 2.05) is 36.0 Å². The molecule has 42 heavy (non-hydrogen) atoms. The molecule has 0 unspecified atom stereocenters. The predicted molar refractivity (Wildman–Crippen MR) is 173 cm³/mol. The maximum atomic E-state index is 5.27. The molecule has 4 heteroatoms. The van der Waals surface area contributed by atoms with Crippen molar-refractivity contribution in [3.8, 4) is 50.5 Å². The van der Waals surface area contributed by atoms with Crippen LogP contribution in [-0.2, 0) is 0 Å². The Hall–Kier alpha value is -5.19. The van der Waals surface area contributed by atoms with E-state index < -0.39 is 0 Å². The number of aromatic nitrogens is 3. The van der Waals surface area contributed by atoms with Crippen LogP contribution in [0.1, 0.15) is 0 Å². The van der Waals surface area contributed by atoms with Crippen molar-refractivity contribution in [1.82, 2.24) is 14.5 Å². The Morgan fingerprint density at radius 1 is 0.452 bits per heavy atom. The fraction of sp³-hybridized carbons (Fsp3) is 0. The van der Waals surface area contributed by atoms with Crippen molar-refractivity contribution >= 4 is 44.6 Å². The molecule has 0 saturated carbocycles. The quantitative estimate of drug-likeness (QED) is 0.214. The number of rotatable bonds is 2. The van der Waals surface area contributed by atoms with Crippen LogP contribution in [0.15, 0.2) is 137 Å². The first-order valence-electron chi connectivity index (χ1n) is 14.2. The lowest BCUT2D eigenvalue weighted by atomic mass is 9.92. The minimum absolute atomic E-state index is 0.899. The van der Waals surface area contributed by atoms with Gasteiger partial charge in [-0.15, -0.1) is 0 Å². The molecule has 2 aliphatic rings. The Balaban J connectivity index is 1.37. The van der Waals surface area contributed by atoms with E-state index >= 15 is 0 Å². The second-order valence-corrected chi connectivity index (χ2v) is 12.1. The second kappa shape index (κ2) is 8.19. The third-order valence-electron chi connectivity index (χ3n) is 8.69. The molecule has 0 atom stereocenters. The maximum absolute atomic E-state index is 5.27. The van der Waals surface area contributed by atoms with Gasteiger partial charge < -0.3 is 4.57 Å². The van der Waals surface area contributed by atoms with Gasteiger partial charge in [0.1, 0.15) is 0 Å². The molecular weight excluding hydrogens is 531 g/mol. The highest BCUT2D eigenvalue weighted by molar-refractivity contribution is 7.99. The molecule has 0 N–H and O–H groups in total. The van der Waals surface area contributed by atoms with Gasteiger partial charge in [-0.2, -0.15) is 0 Å². The molecule has 10 rings (SSSR count). The molecule has 2 aliphatic heterocycles. The van der Waals surface area contributed by atoms with E-state index in [4.69, 9.17) is 9.97 Å². The lowest BCUT2D eigenvalue weighted by Gasteiger charge is -2.24. The summed E-state index contributed by atoms with van der Waals surface area (Å²) in [7, 11) is 0. The maximum Gasteiger partial charge on any atom is 0.0973 e. The van der Waals surface area contributed by atoms with Crippen LogP contribution >= 0.6 is 11.8 Å². The van der Waals surface area contributed by atoms with Gasteiger partial charge in [0.05, 0.1) is 39.1 Å². The first-order valence-corrected chi connectivity index (χ1v) is 15.0. The molecule has 194 valence electrons. The molecule has 3 nitrogen and oxygen atoms in total. The molecule has 8 aromatic rings. The topological polar surface area (TPSA) is 30.7 Å². The van der Waals surface area contributed by atoms with Gasteiger partial charge in [-0.1, -0.05) is 109 Å². The summed E-state index contributed by atoms with van der Waals surface area (Å²) in [5, 5.41) is 2.61. The summed E-state index contributed by atoms with van der Waals surface area (Å²) in [5.41, 5.74) is 14.6. The second-order valence-electron chi connectivity index (χ2n) is 11.0. The van der Waals surface area contributed by atoms with Crippen LogP contribution in [0.25, 0.3) is 83.3 Å². The fourth-order valence-electron chi connectivity index (χ4n) is 6.94. The molecule has 4 heterocycles. The van der Waals surface area contributed by atoms with Crippen molar-refractivity contribution in [2.24, 2.45) is 0 Å². The Morgan fingerprint density at radius 2 is 1.07 bits per heavy atom. The third-order valence-corrected chi connectivity index (χ3v) is 9.77. The Kier molecular flexibility index (Phi) is 4.38. The van der Waals surface area contributed by atoms with Gasteiger partial charge in [0.25, 0.3) is 0 Å². The van der Waals surface area contributed by atoms with Gasteiger partial charge in [0.15, 0.2) is 0 Å². The van der Waals surface area contributed by atoms with Crippen molar-refractivity contribution < 1.29 is 0 Å². The van der Waals surface area contributed by atoms with Crippen LogP contribution in [-0.4, -0.2) is 14.5 Å². The van der Waals surface area contributed by atoms with Gasteiger partial charge in [-0.05, 0) is 41.5 Å². The Bertz CT molecular complexity index is 2440. The molecule has 0 saturated heterocycles. The SMILES string of the molecule is c1ccc(-c2nc3ccccc3nc2-c2cc3c4c(c2)-c2ccccc2-c2cccc5c6cccc(c6n-4c25)S3)cc1. The number of nitrogens with zero attached hydrogens (tertiary/aromatic N) is 3. The zero-order valence-electron chi connectivity index (χ0n) is 22.4. The molecule has 0 fully saturated rings. The van der Waals surface area contributed by atoms with Crippen LogP contribution < -0.4 is 0 Å². The van der Waals surface area contributed by atoms with Crippen LogP contribution in [0, 0.1) is 0 Å². The molecule has 6 aromatic carbocycles. The number of hydrogen-bond donors (Lipinski definition) is 0. The molecule has 0 radical (unpaired) electrons. The summed E-state index contributed by atoms with van der Waals surface area (Å²) < 4.78 is 2.53. The summed E-state index contributed by atoms with van der Waals surface area (Å²) in [6.45, 7) is 0. The van der Waals surface area contributed by atoms with Crippen LogP contribution in [0.2, 0.25) is 0 Å². The van der Waals surface area contributed by atoms with Gasteiger partial charge in [0, 0.05) is 42.8 Å². The molecule has 0 bridgehead atoms. The Labute approximate surface area is 246 Å². The lowest BCUT2D eigenvalue weighted by Crippen LogP contribution is -2.04. The van der Waals surface area contributed by atoms with Gasteiger partial charge in [-0.25, -0.2) is 9.97 Å².